The van der Waals surface area contributed by atoms with Crippen LogP contribution in [0.3, 0.4) is 0 Å². The lowest BCUT2D eigenvalue weighted by Gasteiger charge is -2.16. The van der Waals surface area contributed by atoms with E-state index in [1.165, 1.54) is 70.6 Å². The van der Waals surface area contributed by atoms with Crippen LogP contribution >= 0.6 is 28.1 Å². The molecular formula is C27H36BrN3O2S. The van der Waals surface area contributed by atoms with Crippen LogP contribution in [0, 0.1) is 0 Å². The standard InChI is InChI=1S/C27H36BrN3O2S/c1-2-3-4-5-6-7-8-9-10-11-12-13-16-31-19-20(22-18-21(28)14-15-24(22)31)17-23-25(32)29-27(34)30-26(23)33/h14-15,17-19H,2-13,16H2,1H3,(H2,29,30,32,33,34). The molecule has 1 aliphatic heterocycles. The van der Waals surface area contributed by atoms with Crippen molar-refractivity contribution in [2.45, 2.75) is 90.5 Å². The minimum Gasteiger partial charge on any atom is -0.347 e. The molecule has 0 atom stereocenters. The Balaban J connectivity index is 1.51. The monoisotopic (exact) mass is 545 g/mol. The van der Waals surface area contributed by atoms with Gasteiger partial charge in [-0.3, -0.25) is 20.2 Å². The van der Waals surface area contributed by atoms with Gasteiger partial charge in [-0.05, 0) is 42.9 Å². The van der Waals surface area contributed by atoms with Crippen molar-refractivity contribution in [3.05, 3.63) is 40.0 Å². The van der Waals surface area contributed by atoms with E-state index in [2.05, 4.69) is 44.1 Å². The molecule has 0 radical (unpaired) electrons. The first-order valence-corrected chi connectivity index (χ1v) is 13.9. The molecule has 0 bridgehead atoms. The highest BCUT2D eigenvalue weighted by molar-refractivity contribution is 9.10. The highest BCUT2D eigenvalue weighted by Crippen LogP contribution is 2.28. The zero-order valence-electron chi connectivity index (χ0n) is 20.1. The summed E-state index contributed by atoms with van der Waals surface area (Å²) < 4.78 is 3.19. The van der Waals surface area contributed by atoms with Crippen molar-refractivity contribution in [2.75, 3.05) is 0 Å². The van der Waals surface area contributed by atoms with Crippen LogP contribution in [0.15, 0.2) is 34.4 Å². The normalized spacial score (nSPS) is 13.9. The molecule has 0 spiro atoms. The van der Waals surface area contributed by atoms with Gasteiger partial charge in [0, 0.05) is 33.7 Å². The Kier molecular flexibility index (Phi) is 10.8. The second kappa shape index (κ2) is 13.8. The predicted molar refractivity (Wildman–Crippen MR) is 148 cm³/mol. The molecule has 0 unspecified atom stereocenters. The van der Waals surface area contributed by atoms with E-state index in [0.29, 0.717) is 0 Å². The third kappa shape index (κ3) is 7.77. The van der Waals surface area contributed by atoms with E-state index in [1.54, 1.807) is 6.08 Å². The van der Waals surface area contributed by atoms with Crippen LogP contribution in [0.25, 0.3) is 17.0 Å². The number of aromatic nitrogens is 1. The SMILES string of the molecule is CCCCCCCCCCCCCCn1cc(C=C2C(=O)NC(=S)NC2=O)c2cc(Br)ccc21. The predicted octanol–water partition coefficient (Wildman–Crippen LogP) is 7.02. The van der Waals surface area contributed by atoms with Gasteiger partial charge in [-0.15, -0.1) is 0 Å². The number of benzene rings is 1. The van der Waals surface area contributed by atoms with E-state index in [-0.39, 0.29) is 10.7 Å². The van der Waals surface area contributed by atoms with Gasteiger partial charge in [0.2, 0.25) is 0 Å². The largest absolute Gasteiger partial charge is 0.347 e. The van der Waals surface area contributed by atoms with Crippen molar-refractivity contribution < 1.29 is 9.59 Å². The topological polar surface area (TPSA) is 63.1 Å². The van der Waals surface area contributed by atoms with Crippen molar-refractivity contribution in [2.24, 2.45) is 0 Å². The van der Waals surface area contributed by atoms with Crippen LogP contribution in [0.1, 0.15) is 89.5 Å². The summed E-state index contributed by atoms with van der Waals surface area (Å²) in [5.74, 6) is -0.934. The van der Waals surface area contributed by atoms with Crippen molar-refractivity contribution in [3.63, 3.8) is 0 Å². The van der Waals surface area contributed by atoms with Gasteiger partial charge in [-0.25, -0.2) is 0 Å². The lowest BCUT2D eigenvalue weighted by atomic mass is 10.1. The lowest BCUT2D eigenvalue weighted by Crippen LogP contribution is -2.51. The Bertz CT molecular complexity index is 1020. The molecular weight excluding hydrogens is 510 g/mol. The van der Waals surface area contributed by atoms with Crippen LogP contribution in [-0.2, 0) is 16.1 Å². The molecule has 0 saturated carbocycles. The van der Waals surface area contributed by atoms with Crippen LogP contribution in [0.4, 0.5) is 0 Å². The molecule has 1 aromatic carbocycles. The van der Waals surface area contributed by atoms with Gasteiger partial charge in [0.05, 0.1) is 0 Å². The Labute approximate surface area is 216 Å². The summed E-state index contributed by atoms with van der Waals surface area (Å²) in [5.41, 5.74) is 2.02. The molecule has 2 heterocycles. The van der Waals surface area contributed by atoms with Gasteiger partial charge in [-0.1, -0.05) is 93.5 Å². The summed E-state index contributed by atoms with van der Waals surface area (Å²) in [6.07, 6.45) is 19.6. The molecule has 0 aliphatic carbocycles. The molecule has 3 rings (SSSR count). The summed E-state index contributed by atoms with van der Waals surface area (Å²) in [7, 11) is 0. The van der Waals surface area contributed by atoms with Crippen molar-refractivity contribution >= 4 is 62.1 Å². The molecule has 2 aromatic rings. The fraction of sp³-hybridized carbons (Fsp3) is 0.519. The minimum absolute atomic E-state index is 0.0456. The zero-order chi connectivity index (χ0) is 24.3. The second-order valence-electron chi connectivity index (χ2n) is 9.12. The third-order valence-corrected chi connectivity index (χ3v) is 7.07. The van der Waals surface area contributed by atoms with Gasteiger partial charge in [0.1, 0.15) is 5.57 Å². The van der Waals surface area contributed by atoms with E-state index in [0.717, 1.165) is 33.9 Å². The van der Waals surface area contributed by atoms with Crippen molar-refractivity contribution in [1.29, 1.82) is 0 Å². The number of aryl methyl sites for hydroxylation is 1. The van der Waals surface area contributed by atoms with Gasteiger partial charge in [0.25, 0.3) is 11.8 Å². The number of nitrogens with zero attached hydrogens (tertiary/aromatic N) is 1. The van der Waals surface area contributed by atoms with Crippen molar-refractivity contribution in [3.8, 4) is 0 Å². The maximum Gasteiger partial charge on any atom is 0.263 e. The highest BCUT2D eigenvalue weighted by atomic mass is 79.9. The zero-order valence-corrected chi connectivity index (χ0v) is 22.5. The molecule has 1 aromatic heterocycles. The average Bonchev–Trinajstić information content (AvgIpc) is 3.13. The number of carbonyl (C=O) groups is 2. The number of hydrogen-bond acceptors (Lipinski definition) is 3. The molecule has 1 saturated heterocycles. The molecule has 1 aliphatic rings. The number of fused-ring (bicyclic) bond motifs is 1. The van der Waals surface area contributed by atoms with Crippen molar-refractivity contribution in [1.82, 2.24) is 15.2 Å². The molecule has 1 fully saturated rings. The van der Waals surface area contributed by atoms with E-state index >= 15 is 0 Å². The molecule has 2 N–H and O–H groups in total. The molecule has 5 nitrogen and oxygen atoms in total. The van der Waals surface area contributed by atoms with E-state index in [4.69, 9.17) is 12.2 Å². The van der Waals surface area contributed by atoms with Gasteiger partial charge in [-0.2, -0.15) is 0 Å². The van der Waals surface area contributed by atoms with Crippen LogP contribution < -0.4 is 10.6 Å². The van der Waals surface area contributed by atoms with Gasteiger partial charge in [0.15, 0.2) is 5.11 Å². The Morgan fingerprint density at radius 2 is 1.44 bits per heavy atom. The smallest absolute Gasteiger partial charge is 0.263 e. The second-order valence-corrected chi connectivity index (χ2v) is 10.4. The maximum atomic E-state index is 12.3. The number of rotatable bonds is 14. The number of nitrogens with one attached hydrogen (secondary N) is 2. The molecule has 184 valence electrons. The molecule has 2 amide bonds. The highest BCUT2D eigenvalue weighted by Gasteiger charge is 2.26. The fourth-order valence-electron chi connectivity index (χ4n) is 4.48. The average molecular weight is 547 g/mol. The van der Waals surface area contributed by atoms with Gasteiger partial charge >= 0.3 is 0 Å². The van der Waals surface area contributed by atoms with Crippen LogP contribution in [-0.4, -0.2) is 21.5 Å². The summed E-state index contributed by atoms with van der Waals surface area (Å²) in [6.45, 7) is 3.18. The Morgan fingerprint density at radius 3 is 2.03 bits per heavy atom. The summed E-state index contributed by atoms with van der Waals surface area (Å²) in [4.78, 5) is 24.6. The quantitative estimate of drug-likeness (QED) is 0.116. The maximum absolute atomic E-state index is 12.3. The summed E-state index contributed by atoms with van der Waals surface area (Å²) in [6, 6.07) is 6.14. The van der Waals surface area contributed by atoms with E-state index in [1.807, 2.05) is 18.3 Å². The van der Waals surface area contributed by atoms with Gasteiger partial charge < -0.3 is 4.57 Å². The number of amides is 2. The lowest BCUT2D eigenvalue weighted by molar-refractivity contribution is -0.123. The number of halogens is 1. The fourth-order valence-corrected chi connectivity index (χ4v) is 5.03. The first-order valence-electron chi connectivity index (χ1n) is 12.7. The first kappa shape index (κ1) is 26.6. The number of thiocarbonyl (C=S) groups is 1. The summed E-state index contributed by atoms with van der Waals surface area (Å²) >= 11 is 8.43. The Hall–Kier alpha value is -1.99. The minimum atomic E-state index is -0.467. The van der Waals surface area contributed by atoms with Crippen LogP contribution in [0.5, 0.6) is 0 Å². The number of hydrogen-bond donors (Lipinski definition) is 2. The Morgan fingerprint density at radius 1 is 0.882 bits per heavy atom. The van der Waals surface area contributed by atoms with E-state index < -0.39 is 11.8 Å². The number of unbranched alkanes of at least 4 members (excludes halogenated alkanes) is 11. The summed E-state index contributed by atoms with van der Waals surface area (Å²) in [5, 5.41) is 6.05. The van der Waals surface area contributed by atoms with Crippen LogP contribution in [0.2, 0.25) is 0 Å². The van der Waals surface area contributed by atoms with E-state index in [9.17, 15) is 9.59 Å². The number of carbonyl (C=O) groups excluding carboxylic acids is 2. The molecule has 34 heavy (non-hydrogen) atoms. The molecule has 7 heteroatoms. The third-order valence-electron chi connectivity index (χ3n) is 6.37. The first-order chi connectivity index (χ1) is 16.5.